The second-order valence-corrected chi connectivity index (χ2v) is 5.25. The Kier molecular flexibility index (Phi) is 4.35. The Morgan fingerprint density at radius 3 is 2.67 bits per heavy atom. The number of carbonyl (C=O) groups is 1. The van der Waals surface area contributed by atoms with E-state index in [9.17, 15) is 14.0 Å². The van der Waals surface area contributed by atoms with Crippen molar-refractivity contribution >= 4 is 16.8 Å². The van der Waals surface area contributed by atoms with Crippen molar-refractivity contribution in [3.63, 3.8) is 0 Å². The number of alkyl halides is 1. The lowest BCUT2D eigenvalue weighted by Gasteiger charge is -2.10. The van der Waals surface area contributed by atoms with Crippen LogP contribution in [0.3, 0.4) is 0 Å². The number of hydrogen-bond acceptors (Lipinski definition) is 4. The first-order valence-electron chi connectivity index (χ1n) is 7.20. The van der Waals surface area contributed by atoms with Crippen molar-refractivity contribution in [3.8, 4) is 0 Å². The number of rotatable bonds is 4. The van der Waals surface area contributed by atoms with Crippen LogP contribution in [0.1, 0.15) is 21.5 Å². The van der Waals surface area contributed by atoms with Crippen molar-refractivity contribution < 1.29 is 14.4 Å². The summed E-state index contributed by atoms with van der Waals surface area (Å²) < 4.78 is 14.4. The molecular weight excluding hydrogens is 313 g/mol. The van der Waals surface area contributed by atoms with E-state index in [1.165, 1.54) is 34.6 Å². The Hall–Kier alpha value is -3.06. The number of aromatic nitrogens is 2. The molecule has 1 aromatic heterocycles. The molecule has 6 nitrogen and oxygen atoms in total. The average Bonchev–Trinajstić information content (AvgIpc) is 2.63. The van der Waals surface area contributed by atoms with Gasteiger partial charge in [0.15, 0.2) is 0 Å². The highest BCUT2D eigenvalue weighted by Crippen LogP contribution is 2.13. The molecule has 0 spiro atoms. The lowest BCUT2D eigenvalue weighted by molar-refractivity contribution is 0.0706. The molecule has 122 valence electrons. The molecule has 0 atom stereocenters. The summed E-state index contributed by atoms with van der Waals surface area (Å²) in [5.41, 5.74) is 2.96. The molecule has 3 aromatic rings. The fraction of sp³-hybridized carbons (Fsp3) is 0.118. The number of halogens is 1. The summed E-state index contributed by atoms with van der Waals surface area (Å²) in [7, 11) is 0. The quantitative estimate of drug-likeness (QED) is 0.567. The fourth-order valence-electron chi connectivity index (χ4n) is 2.50. The smallest absolute Gasteiger partial charge is 0.274 e. The van der Waals surface area contributed by atoms with Crippen LogP contribution >= 0.6 is 0 Å². The first-order valence-corrected chi connectivity index (χ1v) is 7.20. The maximum atomic E-state index is 13.1. The monoisotopic (exact) mass is 327 g/mol. The largest absolute Gasteiger partial charge is 0.294 e. The van der Waals surface area contributed by atoms with Crippen LogP contribution in [-0.2, 0) is 13.2 Å². The summed E-state index contributed by atoms with van der Waals surface area (Å²) in [6, 6.07) is 11.3. The van der Waals surface area contributed by atoms with Crippen LogP contribution in [0.4, 0.5) is 4.39 Å². The van der Waals surface area contributed by atoms with Crippen LogP contribution in [0.5, 0.6) is 0 Å². The van der Waals surface area contributed by atoms with Gasteiger partial charge < -0.3 is 0 Å². The third kappa shape index (κ3) is 2.89. The third-order valence-corrected chi connectivity index (χ3v) is 3.79. The minimum atomic E-state index is -0.713. The molecule has 2 N–H and O–H groups in total. The predicted octanol–water partition coefficient (Wildman–Crippen LogP) is 2.03. The molecule has 24 heavy (non-hydrogen) atoms. The molecule has 7 heteroatoms. The van der Waals surface area contributed by atoms with Crippen LogP contribution < -0.4 is 11.0 Å². The van der Waals surface area contributed by atoms with E-state index >= 15 is 0 Å². The zero-order chi connectivity index (χ0) is 17.1. The van der Waals surface area contributed by atoms with E-state index in [1.807, 2.05) is 0 Å². The third-order valence-electron chi connectivity index (χ3n) is 3.79. The molecule has 0 aliphatic heterocycles. The Labute approximate surface area is 136 Å². The van der Waals surface area contributed by atoms with Gasteiger partial charge in [-0.2, -0.15) is 0 Å². The molecule has 1 amide bonds. The Morgan fingerprint density at radius 1 is 1.21 bits per heavy atom. The normalized spacial score (nSPS) is 10.8. The van der Waals surface area contributed by atoms with Gasteiger partial charge in [0.2, 0.25) is 0 Å². The van der Waals surface area contributed by atoms with E-state index < -0.39 is 12.6 Å². The number of hydroxylamine groups is 1. The topological polar surface area (TPSA) is 84.2 Å². The van der Waals surface area contributed by atoms with Gasteiger partial charge in [-0.05, 0) is 29.3 Å². The molecule has 0 aliphatic rings. The van der Waals surface area contributed by atoms with Gasteiger partial charge >= 0.3 is 0 Å². The van der Waals surface area contributed by atoms with Gasteiger partial charge in [-0.25, -0.2) is 14.9 Å². The second kappa shape index (κ2) is 6.59. The van der Waals surface area contributed by atoms with Gasteiger partial charge in [-0.1, -0.05) is 24.3 Å². The lowest BCUT2D eigenvalue weighted by atomic mass is 10.1. The molecule has 3 rings (SSSR count). The van der Waals surface area contributed by atoms with Gasteiger partial charge in [-0.3, -0.25) is 19.4 Å². The van der Waals surface area contributed by atoms with E-state index in [4.69, 9.17) is 5.21 Å². The summed E-state index contributed by atoms with van der Waals surface area (Å²) in [6.45, 7) is -0.439. The van der Waals surface area contributed by atoms with Crippen molar-refractivity contribution in [3.05, 3.63) is 75.8 Å². The average molecular weight is 327 g/mol. The van der Waals surface area contributed by atoms with Crippen molar-refractivity contribution in [2.24, 2.45) is 0 Å². The molecule has 0 aliphatic carbocycles. The highest BCUT2D eigenvalue weighted by atomic mass is 19.1. The number of nitrogens with zero attached hydrogens (tertiary/aromatic N) is 2. The van der Waals surface area contributed by atoms with Gasteiger partial charge in [-0.15, -0.1) is 0 Å². The molecule has 0 radical (unpaired) electrons. The summed E-state index contributed by atoms with van der Waals surface area (Å²) in [6.07, 6.45) is 1.39. The van der Waals surface area contributed by atoms with Crippen LogP contribution in [0.25, 0.3) is 10.9 Å². The molecule has 0 saturated carbocycles. The van der Waals surface area contributed by atoms with E-state index in [-0.39, 0.29) is 23.1 Å². The van der Waals surface area contributed by atoms with Gasteiger partial charge in [0.05, 0.1) is 23.8 Å². The lowest BCUT2D eigenvalue weighted by Crippen LogP contribution is -2.23. The number of benzene rings is 2. The van der Waals surface area contributed by atoms with Crippen molar-refractivity contribution in [1.82, 2.24) is 15.0 Å². The molecule has 0 bridgehead atoms. The second-order valence-electron chi connectivity index (χ2n) is 5.25. The molecule has 0 unspecified atom stereocenters. The number of nitrogens with one attached hydrogen (secondary N) is 1. The van der Waals surface area contributed by atoms with Crippen molar-refractivity contribution in [2.45, 2.75) is 13.2 Å². The molecular formula is C17H14FN3O3. The van der Waals surface area contributed by atoms with E-state index in [2.05, 4.69) is 4.98 Å². The SMILES string of the molecule is O=C(NO)c1ccc2ncn(Cc3ccccc3CF)c(=O)c2c1. The van der Waals surface area contributed by atoms with Crippen molar-refractivity contribution in [2.75, 3.05) is 0 Å². The summed E-state index contributed by atoms with van der Waals surface area (Å²) in [4.78, 5) is 28.3. The van der Waals surface area contributed by atoms with Gasteiger partial charge in [0.1, 0.15) is 6.67 Å². The van der Waals surface area contributed by atoms with Crippen LogP contribution in [0.15, 0.2) is 53.6 Å². The Morgan fingerprint density at radius 2 is 1.96 bits per heavy atom. The summed E-state index contributed by atoms with van der Waals surface area (Å²) >= 11 is 0. The maximum Gasteiger partial charge on any atom is 0.274 e. The zero-order valence-electron chi connectivity index (χ0n) is 12.6. The van der Waals surface area contributed by atoms with E-state index in [1.54, 1.807) is 24.3 Å². The first kappa shape index (κ1) is 15.8. The summed E-state index contributed by atoms with van der Waals surface area (Å²) in [5.74, 6) is -0.713. The van der Waals surface area contributed by atoms with Gasteiger partial charge in [0, 0.05) is 5.56 Å². The Balaban J connectivity index is 2.07. The highest BCUT2D eigenvalue weighted by Gasteiger charge is 2.10. The summed E-state index contributed by atoms with van der Waals surface area (Å²) in [5, 5.41) is 8.95. The fourth-order valence-corrected chi connectivity index (χ4v) is 2.50. The molecule has 0 saturated heterocycles. The first-order chi connectivity index (χ1) is 11.6. The molecule has 0 fully saturated rings. The molecule has 1 heterocycles. The van der Waals surface area contributed by atoms with Crippen LogP contribution in [0, 0.1) is 0 Å². The number of carbonyl (C=O) groups excluding carboxylic acids is 1. The maximum absolute atomic E-state index is 13.1. The minimum absolute atomic E-state index is 0.144. The minimum Gasteiger partial charge on any atom is -0.294 e. The van der Waals surface area contributed by atoms with Crippen LogP contribution in [0.2, 0.25) is 0 Å². The standard InChI is InChI=1S/C17H14FN3O3/c18-8-12-3-1-2-4-13(12)9-21-10-19-15-6-5-11(16(22)20-24)7-14(15)17(21)23/h1-7,10,24H,8-9H2,(H,20,22). The predicted molar refractivity (Wildman–Crippen MR) is 85.6 cm³/mol. The highest BCUT2D eigenvalue weighted by molar-refractivity contribution is 5.97. The molecule has 2 aromatic carbocycles. The number of hydrogen-bond donors (Lipinski definition) is 2. The Bertz CT molecular complexity index is 969. The van der Waals surface area contributed by atoms with E-state index in [0.717, 1.165) is 0 Å². The number of amides is 1. The zero-order valence-corrected chi connectivity index (χ0v) is 12.6. The van der Waals surface area contributed by atoms with E-state index in [0.29, 0.717) is 16.6 Å². The van der Waals surface area contributed by atoms with Crippen molar-refractivity contribution in [1.29, 1.82) is 0 Å². The van der Waals surface area contributed by atoms with Gasteiger partial charge in [0.25, 0.3) is 11.5 Å². The number of fused-ring (bicyclic) bond motifs is 1. The van der Waals surface area contributed by atoms with Crippen LogP contribution in [-0.4, -0.2) is 20.7 Å².